The molecule has 22 heavy (non-hydrogen) atoms. The van der Waals surface area contributed by atoms with Crippen molar-refractivity contribution in [3.63, 3.8) is 0 Å². The lowest BCUT2D eigenvalue weighted by Crippen LogP contribution is -2.12. The van der Waals surface area contributed by atoms with Gasteiger partial charge in [-0.25, -0.2) is 23.5 Å². The molecule has 8 nitrogen and oxygen atoms in total. The Hall–Kier alpha value is -2.52. The molecular weight excluding hydrogens is 304 g/mol. The summed E-state index contributed by atoms with van der Waals surface area (Å²) in [4.78, 5) is 8.35. The molecule has 0 amide bonds. The van der Waals surface area contributed by atoms with E-state index in [1.54, 1.807) is 18.3 Å². The molecule has 2 aromatic heterocycles. The summed E-state index contributed by atoms with van der Waals surface area (Å²) in [5.74, 6) is 0.708. The SMILES string of the molecule is NS(=O)(=O)c1ccc(CCNc2ncnc3[nH]ncc23)cc1. The zero-order valence-corrected chi connectivity index (χ0v) is 12.3. The maximum atomic E-state index is 11.2. The largest absolute Gasteiger partial charge is 0.369 e. The van der Waals surface area contributed by atoms with Crippen molar-refractivity contribution in [1.82, 2.24) is 20.2 Å². The number of fused-ring (bicyclic) bond motifs is 1. The van der Waals surface area contributed by atoms with Crippen molar-refractivity contribution < 1.29 is 8.42 Å². The standard InChI is InChI=1S/C13H14N6O2S/c14-22(20,21)10-3-1-9(2-4-10)5-6-15-12-11-7-18-19-13(11)17-8-16-12/h1-4,7-8H,5-6H2,(H2,14,20,21)(H2,15,16,17,18,19). The van der Waals surface area contributed by atoms with E-state index in [1.807, 2.05) is 0 Å². The van der Waals surface area contributed by atoms with E-state index in [2.05, 4.69) is 25.5 Å². The molecule has 0 aliphatic heterocycles. The van der Waals surface area contributed by atoms with Gasteiger partial charge in [-0.05, 0) is 24.1 Å². The van der Waals surface area contributed by atoms with E-state index < -0.39 is 10.0 Å². The molecule has 0 atom stereocenters. The van der Waals surface area contributed by atoms with Crippen LogP contribution in [-0.2, 0) is 16.4 Å². The first kappa shape index (κ1) is 14.4. The second kappa shape index (κ2) is 5.70. The van der Waals surface area contributed by atoms with Gasteiger partial charge in [0.2, 0.25) is 10.0 Å². The number of nitrogens with one attached hydrogen (secondary N) is 2. The summed E-state index contributed by atoms with van der Waals surface area (Å²) in [5.41, 5.74) is 1.67. The molecule has 0 radical (unpaired) electrons. The highest BCUT2D eigenvalue weighted by Crippen LogP contribution is 2.16. The number of aromatic nitrogens is 4. The summed E-state index contributed by atoms with van der Waals surface area (Å²) in [6.07, 6.45) is 3.84. The van der Waals surface area contributed by atoms with Crippen LogP contribution in [0.2, 0.25) is 0 Å². The average Bonchev–Trinajstić information content (AvgIpc) is 2.96. The number of nitrogens with two attached hydrogens (primary N) is 1. The Labute approximate surface area is 126 Å². The van der Waals surface area contributed by atoms with Gasteiger partial charge in [0.05, 0.1) is 16.5 Å². The Balaban J connectivity index is 1.65. The maximum Gasteiger partial charge on any atom is 0.238 e. The van der Waals surface area contributed by atoms with E-state index in [0.717, 1.165) is 10.9 Å². The Bertz CT molecular complexity index is 888. The van der Waals surface area contributed by atoms with Crippen molar-refractivity contribution in [3.05, 3.63) is 42.4 Å². The topological polar surface area (TPSA) is 127 Å². The minimum Gasteiger partial charge on any atom is -0.369 e. The molecule has 4 N–H and O–H groups in total. The highest BCUT2D eigenvalue weighted by Gasteiger charge is 2.07. The number of rotatable bonds is 5. The molecular formula is C13H14N6O2S. The number of benzene rings is 1. The van der Waals surface area contributed by atoms with Crippen molar-refractivity contribution in [3.8, 4) is 0 Å². The molecule has 0 aliphatic carbocycles. The molecule has 0 spiro atoms. The van der Waals surface area contributed by atoms with Gasteiger partial charge < -0.3 is 5.32 Å². The van der Waals surface area contributed by atoms with E-state index in [4.69, 9.17) is 5.14 Å². The highest BCUT2D eigenvalue weighted by molar-refractivity contribution is 7.89. The van der Waals surface area contributed by atoms with E-state index in [0.29, 0.717) is 24.4 Å². The molecule has 9 heteroatoms. The van der Waals surface area contributed by atoms with Crippen LogP contribution in [0.4, 0.5) is 5.82 Å². The fraction of sp³-hybridized carbons (Fsp3) is 0.154. The van der Waals surface area contributed by atoms with Gasteiger partial charge in [0.1, 0.15) is 12.1 Å². The first-order valence-corrected chi connectivity index (χ1v) is 8.08. The van der Waals surface area contributed by atoms with E-state index >= 15 is 0 Å². The highest BCUT2D eigenvalue weighted by atomic mass is 32.2. The van der Waals surface area contributed by atoms with Crippen LogP contribution in [0, 0.1) is 0 Å². The van der Waals surface area contributed by atoms with Gasteiger partial charge in [-0.3, -0.25) is 5.10 Å². The number of hydrogen-bond donors (Lipinski definition) is 3. The number of nitrogens with zero attached hydrogens (tertiary/aromatic N) is 3. The number of sulfonamides is 1. The molecule has 2 heterocycles. The summed E-state index contributed by atoms with van der Waals surface area (Å²) in [6, 6.07) is 6.50. The lowest BCUT2D eigenvalue weighted by Gasteiger charge is -2.06. The Kier molecular flexibility index (Phi) is 3.73. The summed E-state index contributed by atoms with van der Waals surface area (Å²) >= 11 is 0. The first-order chi connectivity index (χ1) is 10.5. The Morgan fingerprint density at radius 3 is 2.68 bits per heavy atom. The van der Waals surface area contributed by atoms with Crippen molar-refractivity contribution >= 4 is 26.9 Å². The van der Waals surface area contributed by atoms with Gasteiger partial charge in [-0.2, -0.15) is 5.10 Å². The molecule has 3 aromatic rings. The predicted octanol–water partition coefficient (Wildman–Crippen LogP) is 0.655. The minimum atomic E-state index is -3.64. The fourth-order valence-corrected chi connectivity index (χ4v) is 2.59. The van der Waals surface area contributed by atoms with Crippen molar-refractivity contribution in [2.75, 3.05) is 11.9 Å². The van der Waals surface area contributed by atoms with E-state index in [1.165, 1.54) is 18.5 Å². The molecule has 1 aromatic carbocycles. The molecule has 0 fully saturated rings. The first-order valence-electron chi connectivity index (χ1n) is 6.54. The van der Waals surface area contributed by atoms with Crippen LogP contribution < -0.4 is 10.5 Å². The third-order valence-electron chi connectivity index (χ3n) is 3.21. The van der Waals surface area contributed by atoms with Gasteiger partial charge >= 0.3 is 0 Å². The van der Waals surface area contributed by atoms with Crippen LogP contribution in [0.3, 0.4) is 0 Å². The van der Waals surface area contributed by atoms with Gasteiger partial charge in [0.25, 0.3) is 0 Å². The molecule has 0 aliphatic rings. The molecule has 0 saturated heterocycles. The van der Waals surface area contributed by atoms with Crippen LogP contribution >= 0.6 is 0 Å². The number of aromatic amines is 1. The molecule has 0 unspecified atom stereocenters. The van der Waals surface area contributed by atoms with Crippen molar-refractivity contribution in [2.24, 2.45) is 5.14 Å². The summed E-state index contributed by atoms with van der Waals surface area (Å²) in [5, 5.41) is 15.8. The third kappa shape index (κ3) is 3.05. The average molecular weight is 318 g/mol. The smallest absolute Gasteiger partial charge is 0.238 e. The molecule has 3 rings (SSSR count). The van der Waals surface area contributed by atoms with Crippen molar-refractivity contribution in [1.29, 1.82) is 0 Å². The predicted molar refractivity (Wildman–Crippen MR) is 81.7 cm³/mol. The van der Waals surface area contributed by atoms with Gasteiger partial charge in [0, 0.05) is 6.54 Å². The van der Waals surface area contributed by atoms with E-state index in [9.17, 15) is 8.42 Å². The summed E-state index contributed by atoms with van der Waals surface area (Å²) < 4.78 is 22.4. The normalized spacial score (nSPS) is 11.7. The molecule has 0 saturated carbocycles. The second-order valence-corrected chi connectivity index (χ2v) is 6.28. The lowest BCUT2D eigenvalue weighted by atomic mass is 10.1. The van der Waals surface area contributed by atoms with Crippen molar-refractivity contribution in [2.45, 2.75) is 11.3 Å². The quantitative estimate of drug-likeness (QED) is 0.634. The van der Waals surface area contributed by atoms with Gasteiger partial charge in [0.15, 0.2) is 5.65 Å². The van der Waals surface area contributed by atoms with Crippen LogP contribution in [-0.4, -0.2) is 35.1 Å². The number of hydrogen-bond acceptors (Lipinski definition) is 6. The molecule has 0 bridgehead atoms. The maximum absolute atomic E-state index is 11.2. The van der Waals surface area contributed by atoms with Gasteiger partial charge in [-0.15, -0.1) is 0 Å². The minimum absolute atomic E-state index is 0.111. The number of H-pyrrole nitrogens is 1. The molecule has 114 valence electrons. The number of primary sulfonamides is 1. The Morgan fingerprint density at radius 2 is 1.95 bits per heavy atom. The van der Waals surface area contributed by atoms with Crippen LogP contribution in [0.15, 0.2) is 41.7 Å². The lowest BCUT2D eigenvalue weighted by molar-refractivity contribution is 0.598. The fourth-order valence-electron chi connectivity index (χ4n) is 2.08. The zero-order valence-electron chi connectivity index (χ0n) is 11.5. The third-order valence-corrected chi connectivity index (χ3v) is 4.14. The Morgan fingerprint density at radius 1 is 1.18 bits per heavy atom. The number of anilines is 1. The van der Waals surface area contributed by atoms with Gasteiger partial charge in [-0.1, -0.05) is 12.1 Å². The zero-order chi connectivity index (χ0) is 15.6. The van der Waals surface area contributed by atoms with Crippen LogP contribution in [0.1, 0.15) is 5.56 Å². The van der Waals surface area contributed by atoms with Crippen LogP contribution in [0.5, 0.6) is 0 Å². The van der Waals surface area contributed by atoms with E-state index in [-0.39, 0.29) is 4.90 Å². The van der Waals surface area contributed by atoms with Crippen LogP contribution in [0.25, 0.3) is 11.0 Å². The summed E-state index contributed by atoms with van der Waals surface area (Å²) in [6.45, 7) is 0.645. The summed E-state index contributed by atoms with van der Waals surface area (Å²) in [7, 11) is -3.64. The monoisotopic (exact) mass is 318 g/mol. The second-order valence-electron chi connectivity index (χ2n) is 4.72.